The number of sulfonamides is 1. The molecule has 1 aliphatic rings. The summed E-state index contributed by atoms with van der Waals surface area (Å²) in [6, 6.07) is 5.05. The van der Waals surface area contributed by atoms with Gasteiger partial charge in [-0.15, -0.1) is 0 Å². The van der Waals surface area contributed by atoms with Crippen molar-refractivity contribution in [3.05, 3.63) is 29.3 Å². The Hall–Kier alpha value is -1.40. The van der Waals surface area contributed by atoms with Crippen LogP contribution in [0.25, 0.3) is 0 Å². The molecule has 2 rings (SSSR count). The standard InChI is InChI=1S/C17H26N2O3S/c1-12(2)18-23(21,22)15-7-6-13-8-9-19(11-14(13)10-15)16(20)17(3,4)5/h6-7,10,12,18H,8-9,11H2,1-5H3. The van der Waals surface area contributed by atoms with Crippen molar-refractivity contribution in [2.24, 2.45) is 5.41 Å². The molecule has 0 saturated carbocycles. The third kappa shape index (κ3) is 4.12. The molecule has 0 aliphatic carbocycles. The van der Waals surface area contributed by atoms with Gasteiger partial charge in [-0.2, -0.15) is 0 Å². The number of fused-ring (bicyclic) bond motifs is 1. The minimum absolute atomic E-state index is 0.0942. The van der Waals surface area contributed by atoms with E-state index < -0.39 is 15.4 Å². The number of benzene rings is 1. The van der Waals surface area contributed by atoms with E-state index in [1.54, 1.807) is 26.0 Å². The van der Waals surface area contributed by atoms with Crippen LogP contribution < -0.4 is 4.72 Å². The van der Waals surface area contributed by atoms with Crippen LogP contribution in [0.1, 0.15) is 45.7 Å². The summed E-state index contributed by atoms with van der Waals surface area (Å²) >= 11 is 0. The van der Waals surface area contributed by atoms with E-state index in [1.165, 1.54) is 0 Å². The maximum absolute atomic E-state index is 12.5. The fourth-order valence-corrected chi connectivity index (χ4v) is 4.03. The lowest BCUT2D eigenvalue weighted by Crippen LogP contribution is -2.42. The van der Waals surface area contributed by atoms with Gasteiger partial charge in [-0.25, -0.2) is 13.1 Å². The van der Waals surface area contributed by atoms with E-state index in [9.17, 15) is 13.2 Å². The van der Waals surface area contributed by atoms with Crippen LogP contribution in [0.15, 0.2) is 23.1 Å². The molecule has 1 heterocycles. The summed E-state index contributed by atoms with van der Waals surface area (Å²) in [6.07, 6.45) is 0.759. The van der Waals surface area contributed by atoms with Gasteiger partial charge in [-0.3, -0.25) is 4.79 Å². The van der Waals surface area contributed by atoms with Crippen LogP contribution in [0.3, 0.4) is 0 Å². The fourth-order valence-electron chi connectivity index (χ4n) is 2.73. The zero-order valence-electron chi connectivity index (χ0n) is 14.5. The minimum atomic E-state index is -3.51. The number of nitrogens with zero attached hydrogens (tertiary/aromatic N) is 1. The van der Waals surface area contributed by atoms with Gasteiger partial charge >= 0.3 is 0 Å². The van der Waals surface area contributed by atoms with Crippen LogP contribution >= 0.6 is 0 Å². The summed E-state index contributed by atoms with van der Waals surface area (Å²) in [4.78, 5) is 14.5. The Bertz CT molecular complexity index is 703. The lowest BCUT2D eigenvalue weighted by molar-refractivity contribution is -0.140. The minimum Gasteiger partial charge on any atom is -0.338 e. The molecule has 6 heteroatoms. The predicted molar refractivity (Wildman–Crippen MR) is 90.5 cm³/mol. The highest BCUT2D eigenvalue weighted by molar-refractivity contribution is 7.89. The highest BCUT2D eigenvalue weighted by atomic mass is 32.2. The number of carbonyl (C=O) groups is 1. The molecule has 0 aromatic heterocycles. The van der Waals surface area contributed by atoms with Gasteiger partial charge in [0.1, 0.15) is 0 Å². The summed E-state index contributed by atoms with van der Waals surface area (Å²) in [7, 11) is -3.51. The summed E-state index contributed by atoms with van der Waals surface area (Å²) < 4.78 is 27.2. The Labute approximate surface area is 139 Å². The Morgan fingerprint density at radius 3 is 2.43 bits per heavy atom. The van der Waals surface area contributed by atoms with Crippen molar-refractivity contribution >= 4 is 15.9 Å². The first-order valence-electron chi connectivity index (χ1n) is 7.94. The highest BCUT2D eigenvalue weighted by Gasteiger charge is 2.30. The molecule has 1 aliphatic heterocycles. The maximum atomic E-state index is 12.5. The van der Waals surface area contributed by atoms with E-state index in [1.807, 2.05) is 31.7 Å². The van der Waals surface area contributed by atoms with Crippen molar-refractivity contribution in [3.8, 4) is 0 Å². The van der Waals surface area contributed by atoms with Gasteiger partial charge in [0.25, 0.3) is 0 Å². The van der Waals surface area contributed by atoms with Crippen LogP contribution in [0.5, 0.6) is 0 Å². The van der Waals surface area contributed by atoms with Crippen molar-refractivity contribution < 1.29 is 13.2 Å². The molecule has 0 bridgehead atoms. The molecule has 0 fully saturated rings. The Morgan fingerprint density at radius 1 is 1.22 bits per heavy atom. The summed E-state index contributed by atoms with van der Waals surface area (Å²) in [5.41, 5.74) is 1.60. The third-order valence-electron chi connectivity index (χ3n) is 3.82. The quantitative estimate of drug-likeness (QED) is 0.919. The molecule has 0 saturated heterocycles. The molecular weight excluding hydrogens is 312 g/mol. The predicted octanol–water partition coefficient (Wildman–Crippen LogP) is 2.30. The number of carbonyl (C=O) groups excluding carboxylic acids is 1. The Balaban J connectivity index is 2.29. The SMILES string of the molecule is CC(C)NS(=O)(=O)c1ccc2c(c1)CN(C(=O)C(C)(C)C)CC2. The van der Waals surface area contributed by atoms with Crippen LogP contribution in [0, 0.1) is 5.41 Å². The molecule has 1 aromatic rings. The average Bonchev–Trinajstić information content (AvgIpc) is 2.43. The van der Waals surface area contributed by atoms with Crippen molar-refractivity contribution in [1.29, 1.82) is 0 Å². The van der Waals surface area contributed by atoms with Gasteiger partial charge in [0.2, 0.25) is 15.9 Å². The van der Waals surface area contributed by atoms with E-state index in [0.29, 0.717) is 13.1 Å². The van der Waals surface area contributed by atoms with Gasteiger partial charge in [0.15, 0.2) is 0 Å². The zero-order chi connectivity index (χ0) is 17.4. The van der Waals surface area contributed by atoms with Gasteiger partial charge in [-0.05, 0) is 43.5 Å². The highest BCUT2D eigenvalue weighted by Crippen LogP contribution is 2.26. The van der Waals surface area contributed by atoms with Crippen molar-refractivity contribution in [3.63, 3.8) is 0 Å². The van der Waals surface area contributed by atoms with E-state index in [2.05, 4.69) is 4.72 Å². The number of rotatable bonds is 3. The second-order valence-electron chi connectivity index (χ2n) is 7.43. The van der Waals surface area contributed by atoms with Gasteiger partial charge in [0, 0.05) is 24.5 Å². The number of hydrogen-bond donors (Lipinski definition) is 1. The second-order valence-corrected chi connectivity index (χ2v) is 9.15. The van der Waals surface area contributed by atoms with Crippen LogP contribution in [0.2, 0.25) is 0 Å². The zero-order valence-corrected chi connectivity index (χ0v) is 15.3. The molecule has 128 valence electrons. The maximum Gasteiger partial charge on any atom is 0.240 e. The number of hydrogen-bond acceptors (Lipinski definition) is 3. The van der Waals surface area contributed by atoms with E-state index >= 15 is 0 Å². The third-order valence-corrected chi connectivity index (χ3v) is 5.48. The Morgan fingerprint density at radius 2 is 1.87 bits per heavy atom. The first-order chi connectivity index (χ1) is 10.5. The Kier molecular flexibility index (Phi) is 4.87. The smallest absolute Gasteiger partial charge is 0.240 e. The number of nitrogens with one attached hydrogen (secondary N) is 1. The van der Waals surface area contributed by atoms with Gasteiger partial charge in [-0.1, -0.05) is 26.8 Å². The average molecular weight is 338 g/mol. The van der Waals surface area contributed by atoms with Crippen molar-refractivity contribution in [1.82, 2.24) is 9.62 Å². The topological polar surface area (TPSA) is 66.5 Å². The van der Waals surface area contributed by atoms with E-state index in [4.69, 9.17) is 0 Å². The molecule has 1 aromatic carbocycles. The normalized spacial score (nSPS) is 15.7. The first-order valence-corrected chi connectivity index (χ1v) is 9.42. The van der Waals surface area contributed by atoms with Gasteiger partial charge in [0.05, 0.1) is 4.90 Å². The molecule has 1 amide bonds. The molecule has 1 N–H and O–H groups in total. The van der Waals surface area contributed by atoms with Crippen LogP contribution in [0.4, 0.5) is 0 Å². The fraction of sp³-hybridized carbons (Fsp3) is 0.588. The van der Waals surface area contributed by atoms with Gasteiger partial charge < -0.3 is 4.90 Å². The summed E-state index contributed by atoms with van der Waals surface area (Å²) in [5.74, 6) is 0.0942. The number of amides is 1. The summed E-state index contributed by atoms with van der Waals surface area (Å²) in [6.45, 7) is 10.4. The molecule has 0 atom stereocenters. The molecule has 23 heavy (non-hydrogen) atoms. The molecule has 0 unspecified atom stereocenters. The molecule has 0 radical (unpaired) electrons. The van der Waals surface area contributed by atoms with Crippen molar-refractivity contribution in [2.75, 3.05) is 6.54 Å². The second kappa shape index (κ2) is 6.24. The first kappa shape index (κ1) is 17.9. The van der Waals surface area contributed by atoms with E-state index in [0.717, 1.165) is 17.5 Å². The molecule has 5 nitrogen and oxygen atoms in total. The van der Waals surface area contributed by atoms with Crippen molar-refractivity contribution in [2.45, 2.75) is 58.5 Å². The van der Waals surface area contributed by atoms with Crippen LogP contribution in [-0.2, 0) is 27.8 Å². The lowest BCUT2D eigenvalue weighted by Gasteiger charge is -2.33. The monoisotopic (exact) mass is 338 g/mol. The largest absolute Gasteiger partial charge is 0.338 e. The van der Waals surface area contributed by atoms with E-state index in [-0.39, 0.29) is 16.8 Å². The molecule has 0 spiro atoms. The lowest BCUT2D eigenvalue weighted by atomic mass is 9.92. The van der Waals surface area contributed by atoms with Crippen LogP contribution in [-0.4, -0.2) is 31.8 Å². The summed E-state index contributed by atoms with van der Waals surface area (Å²) in [5, 5.41) is 0. The molecular formula is C17H26N2O3S.